The van der Waals surface area contributed by atoms with Gasteiger partial charge in [0.05, 0.1) is 10.5 Å². The van der Waals surface area contributed by atoms with E-state index in [1.165, 1.54) is 72.8 Å². The molecular formula is C48H39N3O12S. The number of carbonyl (C=O) groups excluding carboxylic acids is 4. The van der Waals surface area contributed by atoms with Crippen molar-refractivity contribution in [1.82, 2.24) is 10.6 Å². The Labute approximate surface area is 365 Å². The molecule has 64 heavy (non-hydrogen) atoms. The van der Waals surface area contributed by atoms with E-state index in [1.54, 1.807) is 60.7 Å². The summed E-state index contributed by atoms with van der Waals surface area (Å²) >= 11 is 0. The van der Waals surface area contributed by atoms with Gasteiger partial charge in [-0.3, -0.25) is 19.2 Å². The highest BCUT2D eigenvalue weighted by atomic mass is 32.2. The summed E-state index contributed by atoms with van der Waals surface area (Å²) in [6, 6.07) is 31.5. The Bertz CT molecular complexity index is 3060. The second-order valence-electron chi connectivity index (χ2n) is 14.7. The highest BCUT2D eigenvalue weighted by molar-refractivity contribution is 7.89. The van der Waals surface area contributed by atoms with Gasteiger partial charge >= 0.3 is 11.9 Å². The SMILES string of the molecule is NS(=O)(=O)c1ccc(C(=O)NCCCCC(NC(=O)c2ccc(-c3c4ccc(=O)cc-4oc4cc(O)ccc34)c(C(=O)O)c2)C(=O)OCc2ccc(C(=O)c3ccccc3)cc2)cc1. The largest absolute Gasteiger partial charge is 0.508 e. The number of esters is 1. The van der Waals surface area contributed by atoms with Crippen molar-refractivity contribution in [3.8, 4) is 28.2 Å². The van der Waals surface area contributed by atoms with Crippen molar-refractivity contribution in [2.75, 3.05) is 6.54 Å². The molecule has 2 amide bonds. The average Bonchev–Trinajstić information content (AvgIpc) is 3.29. The summed E-state index contributed by atoms with van der Waals surface area (Å²) in [5.74, 6) is -3.57. The number of hydrogen-bond acceptors (Lipinski definition) is 11. The fourth-order valence-corrected chi connectivity index (χ4v) is 7.57. The molecule has 2 aliphatic rings. The van der Waals surface area contributed by atoms with E-state index in [0.29, 0.717) is 46.0 Å². The molecule has 324 valence electrons. The van der Waals surface area contributed by atoms with Crippen LogP contribution in [-0.4, -0.2) is 60.8 Å². The van der Waals surface area contributed by atoms with E-state index >= 15 is 0 Å². The Morgan fingerprint density at radius 3 is 2.09 bits per heavy atom. The van der Waals surface area contributed by atoms with Crippen LogP contribution in [-0.2, 0) is 26.2 Å². The van der Waals surface area contributed by atoms with E-state index in [0.717, 1.165) is 0 Å². The number of nitrogens with two attached hydrogens (primary N) is 1. The summed E-state index contributed by atoms with van der Waals surface area (Å²) in [7, 11) is -3.94. The zero-order chi connectivity index (χ0) is 45.5. The fourth-order valence-electron chi connectivity index (χ4n) is 7.06. The van der Waals surface area contributed by atoms with Crippen molar-refractivity contribution in [3.05, 3.63) is 177 Å². The number of rotatable bonds is 16. The third-order valence-corrected chi connectivity index (χ3v) is 11.3. The van der Waals surface area contributed by atoms with Crippen LogP contribution < -0.4 is 21.2 Å². The first kappa shape index (κ1) is 44.1. The van der Waals surface area contributed by atoms with Gasteiger partial charge in [-0.1, -0.05) is 60.7 Å². The molecule has 1 aliphatic carbocycles. The van der Waals surface area contributed by atoms with Crippen molar-refractivity contribution < 1.29 is 51.8 Å². The number of nitrogens with one attached hydrogen (secondary N) is 2. The van der Waals surface area contributed by atoms with E-state index in [1.807, 2.05) is 0 Å². The smallest absolute Gasteiger partial charge is 0.336 e. The molecule has 16 heteroatoms. The molecule has 0 bridgehead atoms. The molecule has 7 rings (SSSR count). The maximum Gasteiger partial charge on any atom is 0.336 e. The normalized spacial score (nSPS) is 11.8. The highest BCUT2D eigenvalue weighted by Crippen LogP contribution is 2.42. The van der Waals surface area contributed by atoms with Gasteiger partial charge in [0.25, 0.3) is 11.8 Å². The number of unbranched alkanes of at least 4 members (excludes halogenated alkanes) is 1. The van der Waals surface area contributed by atoms with E-state index in [4.69, 9.17) is 14.3 Å². The third kappa shape index (κ3) is 10.2. The Morgan fingerprint density at radius 2 is 1.39 bits per heavy atom. The third-order valence-electron chi connectivity index (χ3n) is 10.3. The lowest BCUT2D eigenvalue weighted by Gasteiger charge is -2.19. The van der Waals surface area contributed by atoms with Crippen LogP contribution in [0.3, 0.4) is 0 Å². The van der Waals surface area contributed by atoms with Crippen molar-refractivity contribution in [2.24, 2.45) is 5.14 Å². The standard InChI is InChI=1S/C48H39N3O12S/c49-64(60,61)35-18-13-31(14-19-35)45(55)50-23-5-4-8-40(48(59)62-27-28-9-11-30(12-10-28)44(54)29-6-2-1-3-7-29)51-46(56)32-15-20-36(39(24-32)47(57)58)43-37-21-16-33(52)25-41(37)63-42-26-34(53)17-22-38(42)43/h1-3,6-7,9-22,24-26,40,52H,4-5,8,23,27H2,(H,50,55)(H,51,56)(H,57,58)(H2,49,60,61). The zero-order valence-electron chi connectivity index (χ0n) is 33.8. The Balaban J connectivity index is 1.09. The number of phenolic OH excluding ortho intramolecular Hbond substituents is 1. The van der Waals surface area contributed by atoms with Gasteiger partial charge in [-0.05, 0) is 91.1 Å². The van der Waals surface area contributed by atoms with E-state index in [-0.39, 0.29) is 75.0 Å². The number of carbonyl (C=O) groups is 5. The summed E-state index contributed by atoms with van der Waals surface area (Å²) < 4.78 is 34.7. The number of aromatic carboxylic acids is 1. The minimum absolute atomic E-state index is 0.0535. The Kier molecular flexibility index (Phi) is 13.1. The summed E-state index contributed by atoms with van der Waals surface area (Å²) in [5, 5.41) is 31.6. The predicted octanol–water partition coefficient (Wildman–Crippen LogP) is 6.29. The van der Waals surface area contributed by atoms with Gasteiger partial charge in [-0.25, -0.2) is 23.1 Å². The van der Waals surface area contributed by atoms with Gasteiger partial charge in [0.1, 0.15) is 29.7 Å². The number of phenols is 1. The Hall–Kier alpha value is -7.95. The molecule has 5 aromatic carbocycles. The lowest BCUT2D eigenvalue weighted by atomic mass is 9.89. The number of carboxylic acid groups (broad SMARTS) is 1. The Morgan fingerprint density at radius 1 is 0.719 bits per heavy atom. The van der Waals surface area contributed by atoms with Crippen LogP contribution >= 0.6 is 0 Å². The van der Waals surface area contributed by atoms with Gasteiger partial charge in [-0.15, -0.1) is 0 Å². The number of hydrogen-bond donors (Lipinski definition) is 5. The number of ether oxygens (including phenoxy) is 1. The second-order valence-corrected chi connectivity index (χ2v) is 16.3. The monoisotopic (exact) mass is 881 g/mol. The van der Waals surface area contributed by atoms with Crippen LogP contribution in [0.2, 0.25) is 0 Å². The van der Waals surface area contributed by atoms with Crippen molar-refractivity contribution in [2.45, 2.75) is 36.8 Å². The van der Waals surface area contributed by atoms with Crippen molar-refractivity contribution >= 4 is 50.5 Å². The molecule has 1 heterocycles. The fraction of sp³-hybridized carbons (Fsp3) is 0.125. The molecular weight excluding hydrogens is 843 g/mol. The first-order chi connectivity index (χ1) is 30.7. The van der Waals surface area contributed by atoms with Crippen LogP contribution in [0.15, 0.2) is 148 Å². The number of primary sulfonamides is 1. The molecule has 0 saturated carbocycles. The number of benzene rings is 6. The molecule has 0 aromatic heterocycles. The molecule has 6 N–H and O–H groups in total. The van der Waals surface area contributed by atoms with Crippen LogP contribution in [0.5, 0.6) is 5.75 Å². The number of carboxylic acids is 1. The molecule has 0 fully saturated rings. The average molecular weight is 882 g/mol. The quantitative estimate of drug-likeness (QED) is 0.0311. The minimum atomic E-state index is -3.94. The van der Waals surface area contributed by atoms with Crippen LogP contribution in [0.4, 0.5) is 0 Å². The number of ketones is 1. The zero-order valence-corrected chi connectivity index (χ0v) is 34.6. The predicted molar refractivity (Wildman–Crippen MR) is 235 cm³/mol. The maximum absolute atomic E-state index is 13.9. The summed E-state index contributed by atoms with van der Waals surface area (Å²) in [6.45, 7) is -0.0328. The highest BCUT2D eigenvalue weighted by Gasteiger charge is 2.26. The lowest BCUT2D eigenvalue weighted by Crippen LogP contribution is -2.42. The molecule has 15 nitrogen and oxygen atoms in total. The number of amides is 2. The molecule has 0 spiro atoms. The van der Waals surface area contributed by atoms with Crippen molar-refractivity contribution in [1.29, 1.82) is 0 Å². The maximum atomic E-state index is 13.9. The van der Waals surface area contributed by atoms with Crippen LogP contribution in [0, 0.1) is 0 Å². The number of sulfonamides is 1. The summed E-state index contributed by atoms with van der Waals surface area (Å²) in [6.07, 6.45) is 0.713. The lowest BCUT2D eigenvalue weighted by molar-refractivity contribution is -0.147. The van der Waals surface area contributed by atoms with Crippen LogP contribution in [0.25, 0.3) is 33.4 Å². The topological polar surface area (TPSA) is 249 Å². The molecule has 0 radical (unpaired) electrons. The molecule has 5 aromatic rings. The van der Waals surface area contributed by atoms with Crippen LogP contribution in [0.1, 0.15) is 71.8 Å². The van der Waals surface area contributed by atoms with E-state index in [2.05, 4.69) is 10.6 Å². The van der Waals surface area contributed by atoms with Gasteiger partial charge in [-0.2, -0.15) is 0 Å². The van der Waals surface area contributed by atoms with Gasteiger partial charge in [0.2, 0.25) is 10.0 Å². The van der Waals surface area contributed by atoms with E-state index in [9.17, 15) is 47.4 Å². The number of aromatic hydroxyl groups is 1. The molecule has 1 atom stereocenters. The molecule has 1 aliphatic heterocycles. The summed E-state index contributed by atoms with van der Waals surface area (Å²) in [4.78, 5) is 78.0. The minimum Gasteiger partial charge on any atom is -0.508 e. The van der Waals surface area contributed by atoms with Gasteiger partial charge < -0.3 is 30.0 Å². The second kappa shape index (κ2) is 19.0. The first-order valence-electron chi connectivity index (χ1n) is 19.8. The van der Waals surface area contributed by atoms with E-state index < -0.39 is 39.8 Å². The van der Waals surface area contributed by atoms with Crippen molar-refractivity contribution in [3.63, 3.8) is 0 Å². The molecule has 0 saturated heterocycles. The number of fused-ring (bicyclic) bond motifs is 2. The first-order valence-corrected chi connectivity index (χ1v) is 21.4. The van der Waals surface area contributed by atoms with Gasteiger partial charge in [0, 0.05) is 57.4 Å². The van der Waals surface area contributed by atoms with Gasteiger partial charge in [0.15, 0.2) is 11.2 Å². The summed E-state index contributed by atoms with van der Waals surface area (Å²) in [5.41, 5.74) is 2.17. The molecule has 1 unspecified atom stereocenters.